The molecule has 0 bridgehead atoms. The monoisotopic (exact) mass is 681 g/mol. The van der Waals surface area contributed by atoms with Crippen molar-refractivity contribution in [2.45, 2.75) is 245 Å². The van der Waals surface area contributed by atoms with E-state index in [2.05, 4.69) is 27.7 Å². The van der Waals surface area contributed by atoms with Gasteiger partial charge in [-0.1, -0.05) is 169 Å². The van der Waals surface area contributed by atoms with Gasteiger partial charge in [0.2, 0.25) is 0 Å². The third-order valence-corrected chi connectivity index (χ3v) is 10.1. The Labute approximate surface area is 299 Å². The van der Waals surface area contributed by atoms with Crippen molar-refractivity contribution < 1.29 is 24.2 Å². The number of ketones is 1. The summed E-state index contributed by atoms with van der Waals surface area (Å²) >= 11 is 0. The zero-order valence-corrected chi connectivity index (χ0v) is 32.9. The average Bonchev–Trinajstić information content (AvgIpc) is 3.08. The number of esters is 1. The molecule has 0 fully saturated rings. The number of unbranched alkanes of at least 4 members (excludes halogenated alkanes) is 18. The van der Waals surface area contributed by atoms with Crippen LogP contribution in [0, 0.1) is 5.92 Å². The summed E-state index contributed by atoms with van der Waals surface area (Å²) in [6, 6.07) is 0. The molecule has 286 valence electrons. The minimum atomic E-state index is -0.169. The molecule has 0 aromatic heterocycles. The molecule has 0 amide bonds. The number of carbonyl (C=O) groups is 2. The van der Waals surface area contributed by atoms with E-state index >= 15 is 0 Å². The van der Waals surface area contributed by atoms with Gasteiger partial charge >= 0.3 is 5.97 Å². The molecule has 0 aliphatic rings. The molecule has 0 aromatic rings. The van der Waals surface area contributed by atoms with Crippen LogP contribution in [0.2, 0.25) is 0 Å². The number of aliphatic hydroxyl groups is 1. The Morgan fingerprint density at radius 2 is 0.896 bits per heavy atom. The van der Waals surface area contributed by atoms with Crippen LogP contribution in [0.25, 0.3) is 0 Å². The molecule has 0 spiro atoms. The second kappa shape index (κ2) is 37.3. The number of ether oxygens (including phenoxy) is 2. The molecule has 0 heterocycles. The first-order valence-electron chi connectivity index (χ1n) is 21.4. The van der Waals surface area contributed by atoms with Crippen molar-refractivity contribution in [3.63, 3.8) is 0 Å². The number of rotatable bonds is 39. The molecule has 0 rings (SSSR count). The Hall–Kier alpha value is -0.940. The van der Waals surface area contributed by atoms with Gasteiger partial charge in [-0.3, -0.25) is 9.59 Å². The number of hydrogen-bond donors (Lipinski definition) is 1. The van der Waals surface area contributed by atoms with Gasteiger partial charge in [0.25, 0.3) is 0 Å². The third-order valence-electron chi connectivity index (χ3n) is 10.1. The summed E-state index contributed by atoms with van der Waals surface area (Å²) in [5, 5.41) is 10.4. The van der Waals surface area contributed by atoms with E-state index in [1.807, 2.05) is 0 Å². The summed E-state index contributed by atoms with van der Waals surface area (Å²) in [6.45, 7) is 9.86. The van der Waals surface area contributed by atoms with E-state index in [9.17, 15) is 14.7 Å². The first kappa shape index (κ1) is 47.1. The van der Waals surface area contributed by atoms with E-state index in [-0.39, 0.29) is 24.0 Å². The van der Waals surface area contributed by atoms with E-state index in [4.69, 9.17) is 9.47 Å². The van der Waals surface area contributed by atoms with Crippen molar-refractivity contribution in [3.8, 4) is 0 Å². The van der Waals surface area contributed by atoms with Crippen molar-refractivity contribution in [1.29, 1.82) is 0 Å². The summed E-state index contributed by atoms with van der Waals surface area (Å²) in [7, 11) is 0. The van der Waals surface area contributed by atoms with Crippen LogP contribution in [-0.2, 0) is 19.1 Å². The highest BCUT2D eigenvalue weighted by molar-refractivity contribution is 5.79. The lowest BCUT2D eigenvalue weighted by Gasteiger charge is -2.17. The molecule has 0 aromatic carbocycles. The molecule has 5 nitrogen and oxygen atoms in total. The molecular weight excluding hydrogens is 596 g/mol. The van der Waals surface area contributed by atoms with Gasteiger partial charge in [0.1, 0.15) is 6.61 Å². The maximum Gasteiger partial charge on any atom is 0.305 e. The van der Waals surface area contributed by atoms with Gasteiger partial charge in [0.05, 0.1) is 18.8 Å². The normalized spacial score (nSPS) is 13.4. The van der Waals surface area contributed by atoms with Crippen LogP contribution in [0.4, 0.5) is 0 Å². The molecule has 0 saturated heterocycles. The van der Waals surface area contributed by atoms with Crippen LogP contribution < -0.4 is 0 Å². The Bertz CT molecular complexity index is 624. The largest absolute Gasteiger partial charge is 0.465 e. The lowest BCUT2D eigenvalue weighted by molar-refractivity contribution is -0.145. The van der Waals surface area contributed by atoms with Gasteiger partial charge in [-0.25, -0.2) is 0 Å². The molecule has 5 heteroatoms. The first-order chi connectivity index (χ1) is 23.5. The maximum absolute atomic E-state index is 12.3. The summed E-state index contributed by atoms with van der Waals surface area (Å²) in [5.41, 5.74) is 0. The number of Topliss-reactive ketones (excluding diaryl/α,β-unsaturated/α-hetero) is 1. The van der Waals surface area contributed by atoms with Crippen molar-refractivity contribution in [2.75, 3.05) is 13.2 Å². The van der Waals surface area contributed by atoms with Crippen molar-refractivity contribution in [2.24, 2.45) is 5.92 Å². The fourth-order valence-electron chi connectivity index (χ4n) is 6.68. The summed E-state index contributed by atoms with van der Waals surface area (Å²) in [4.78, 5) is 24.6. The van der Waals surface area contributed by atoms with Gasteiger partial charge in [-0.05, 0) is 57.3 Å². The van der Waals surface area contributed by atoms with Gasteiger partial charge in [-0.2, -0.15) is 0 Å². The van der Waals surface area contributed by atoms with Crippen LogP contribution in [0.1, 0.15) is 233 Å². The van der Waals surface area contributed by atoms with E-state index in [1.165, 1.54) is 122 Å². The highest BCUT2D eigenvalue weighted by Crippen LogP contribution is 2.19. The predicted octanol–water partition coefficient (Wildman–Crippen LogP) is 13.0. The fraction of sp³-hybridized carbons (Fsp3) is 0.953. The van der Waals surface area contributed by atoms with Gasteiger partial charge < -0.3 is 14.6 Å². The maximum atomic E-state index is 12.3. The first-order valence-corrected chi connectivity index (χ1v) is 21.4. The molecule has 1 N–H and O–H groups in total. The number of hydrogen-bond acceptors (Lipinski definition) is 5. The Balaban J connectivity index is 3.66. The van der Waals surface area contributed by atoms with Crippen molar-refractivity contribution in [1.82, 2.24) is 0 Å². The predicted molar refractivity (Wildman–Crippen MR) is 206 cm³/mol. The van der Waals surface area contributed by atoms with Crippen LogP contribution in [-0.4, -0.2) is 42.3 Å². The molecule has 3 atom stereocenters. The fourth-order valence-corrected chi connectivity index (χ4v) is 6.68. The summed E-state index contributed by atoms with van der Waals surface area (Å²) in [6.07, 6.45) is 36.0. The molecule has 0 aliphatic heterocycles. The van der Waals surface area contributed by atoms with E-state index in [1.54, 1.807) is 0 Å². The van der Waals surface area contributed by atoms with Crippen LogP contribution >= 0.6 is 0 Å². The number of carbonyl (C=O) groups excluding carboxylic acids is 2. The van der Waals surface area contributed by atoms with Crippen molar-refractivity contribution >= 4 is 11.8 Å². The highest BCUT2D eigenvalue weighted by Gasteiger charge is 2.13. The molecule has 0 saturated carbocycles. The van der Waals surface area contributed by atoms with Crippen molar-refractivity contribution in [3.05, 3.63) is 0 Å². The second-order valence-electron chi connectivity index (χ2n) is 15.0. The standard InChI is InChI=1S/C43H84O5/c1-5-9-13-23-30-39(29-11-7-3)37-48-43(46)36-28-22-18-17-20-25-32-40(44)31-24-19-15-16-21-26-33-41(45)38-47-42(34-12-8-4)35-27-14-10-6-2/h39-40,42,44H,5-38H2,1-4H3. The molecule has 0 radical (unpaired) electrons. The van der Waals surface area contributed by atoms with E-state index in [0.29, 0.717) is 32.0 Å². The Kier molecular flexibility index (Phi) is 36.6. The highest BCUT2D eigenvalue weighted by atomic mass is 16.5. The lowest BCUT2D eigenvalue weighted by Crippen LogP contribution is -2.18. The quantitative estimate of drug-likeness (QED) is 0.0517. The second-order valence-corrected chi connectivity index (χ2v) is 15.0. The average molecular weight is 681 g/mol. The molecular formula is C43H84O5. The van der Waals surface area contributed by atoms with Gasteiger partial charge in [0, 0.05) is 12.8 Å². The molecule has 48 heavy (non-hydrogen) atoms. The summed E-state index contributed by atoms with van der Waals surface area (Å²) in [5.74, 6) is 0.796. The zero-order valence-electron chi connectivity index (χ0n) is 32.9. The van der Waals surface area contributed by atoms with Gasteiger partial charge in [-0.15, -0.1) is 0 Å². The topological polar surface area (TPSA) is 72.8 Å². The smallest absolute Gasteiger partial charge is 0.305 e. The third kappa shape index (κ3) is 33.6. The van der Waals surface area contributed by atoms with Crippen LogP contribution in [0.3, 0.4) is 0 Å². The minimum absolute atomic E-state index is 0.0109. The zero-order chi connectivity index (χ0) is 35.3. The summed E-state index contributed by atoms with van der Waals surface area (Å²) < 4.78 is 11.7. The minimum Gasteiger partial charge on any atom is -0.465 e. The van der Waals surface area contributed by atoms with Gasteiger partial charge in [0.15, 0.2) is 5.78 Å². The van der Waals surface area contributed by atoms with E-state index in [0.717, 1.165) is 70.6 Å². The molecule has 3 unspecified atom stereocenters. The lowest BCUT2D eigenvalue weighted by atomic mass is 9.96. The SMILES string of the molecule is CCCCCCC(CCCC)COC(=O)CCCCCCCCC(O)CCCCCCCCC(=O)COC(CCCC)CCCCCC. The van der Waals surface area contributed by atoms with Crippen LogP contribution in [0.5, 0.6) is 0 Å². The molecule has 0 aliphatic carbocycles. The van der Waals surface area contributed by atoms with Crippen LogP contribution in [0.15, 0.2) is 0 Å². The van der Waals surface area contributed by atoms with E-state index < -0.39 is 0 Å². The Morgan fingerprint density at radius 3 is 1.48 bits per heavy atom. The Morgan fingerprint density at radius 1 is 0.479 bits per heavy atom. The number of aliphatic hydroxyl groups excluding tert-OH is 1.